The van der Waals surface area contributed by atoms with E-state index in [1.54, 1.807) is 20.8 Å². The van der Waals surface area contributed by atoms with Gasteiger partial charge in [0.05, 0.1) is 0 Å². The summed E-state index contributed by atoms with van der Waals surface area (Å²) in [6, 6.07) is 10.5. The van der Waals surface area contributed by atoms with Crippen molar-refractivity contribution in [1.29, 1.82) is 0 Å². The van der Waals surface area contributed by atoms with Crippen LogP contribution in [0.4, 0.5) is 0 Å². The maximum atomic E-state index is 12.3. The first-order valence-electron chi connectivity index (χ1n) is 7.39. The van der Waals surface area contributed by atoms with Gasteiger partial charge in [-0.05, 0) is 20.8 Å². The zero-order chi connectivity index (χ0) is 17.3. The number of aromatic nitrogens is 2. The Morgan fingerprint density at radius 3 is 2.54 bits per heavy atom. The van der Waals surface area contributed by atoms with Gasteiger partial charge in [-0.15, -0.1) is 0 Å². The van der Waals surface area contributed by atoms with Crippen molar-refractivity contribution in [3.05, 3.63) is 42.2 Å². The average molecular weight is 347 g/mol. The molecule has 126 valence electrons. The van der Waals surface area contributed by atoms with Crippen molar-refractivity contribution in [3.8, 4) is 23.0 Å². The molecule has 0 fully saturated rings. The van der Waals surface area contributed by atoms with Gasteiger partial charge >= 0.3 is 0 Å². The second-order valence-electron chi connectivity index (χ2n) is 5.60. The van der Waals surface area contributed by atoms with E-state index in [2.05, 4.69) is 14.9 Å². The zero-order valence-corrected chi connectivity index (χ0v) is 14.3. The van der Waals surface area contributed by atoms with Gasteiger partial charge in [0.1, 0.15) is 10.7 Å². The van der Waals surface area contributed by atoms with E-state index in [1.165, 1.54) is 6.07 Å². The molecule has 1 aromatic carbocycles. The van der Waals surface area contributed by atoms with Gasteiger partial charge in [-0.2, -0.15) is 4.98 Å². The Bertz CT molecular complexity index is 943. The number of sulfonamides is 1. The Kier molecular flexibility index (Phi) is 4.25. The van der Waals surface area contributed by atoms with Gasteiger partial charge in [0.2, 0.25) is 15.8 Å². The van der Waals surface area contributed by atoms with Gasteiger partial charge in [0.25, 0.3) is 5.89 Å². The third-order valence-electron chi connectivity index (χ3n) is 3.22. The van der Waals surface area contributed by atoms with Crippen LogP contribution in [-0.2, 0) is 10.0 Å². The molecule has 0 atom stereocenters. The third kappa shape index (κ3) is 3.24. The van der Waals surface area contributed by atoms with Crippen molar-refractivity contribution in [2.45, 2.75) is 31.7 Å². The summed E-state index contributed by atoms with van der Waals surface area (Å²) >= 11 is 0. The Hall–Kier alpha value is -2.45. The van der Waals surface area contributed by atoms with Gasteiger partial charge in [0.15, 0.2) is 5.76 Å². The molecule has 0 bridgehead atoms. The lowest BCUT2D eigenvalue weighted by atomic mass is 10.2. The first-order chi connectivity index (χ1) is 11.4. The van der Waals surface area contributed by atoms with E-state index >= 15 is 0 Å². The molecule has 0 amide bonds. The van der Waals surface area contributed by atoms with E-state index in [0.717, 1.165) is 5.56 Å². The molecule has 24 heavy (non-hydrogen) atoms. The van der Waals surface area contributed by atoms with Crippen molar-refractivity contribution < 1.29 is 17.4 Å². The summed E-state index contributed by atoms with van der Waals surface area (Å²) in [6.07, 6.45) is 0. The van der Waals surface area contributed by atoms with E-state index in [4.69, 9.17) is 8.94 Å². The quantitative estimate of drug-likeness (QED) is 0.762. The largest absolute Gasteiger partial charge is 0.455 e. The fraction of sp³-hybridized carbons (Fsp3) is 0.250. The highest BCUT2D eigenvalue weighted by Crippen LogP contribution is 2.28. The monoisotopic (exact) mass is 347 g/mol. The number of hydrogen-bond donors (Lipinski definition) is 1. The topological polar surface area (TPSA) is 98.2 Å². The van der Waals surface area contributed by atoms with Crippen LogP contribution in [0.5, 0.6) is 0 Å². The zero-order valence-electron chi connectivity index (χ0n) is 13.5. The maximum Gasteiger partial charge on any atom is 0.293 e. The molecule has 8 heteroatoms. The number of nitrogens with zero attached hydrogens (tertiary/aromatic N) is 2. The van der Waals surface area contributed by atoms with Gasteiger partial charge in [-0.25, -0.2) is 13.1 Å². The van der Waals surface area contributed by atoms with Crippen LogP contribution in [0, 0.1) is 6.92 Å². The molecule has 0 saturated carbocycles. The first kappa shape index (κ1) is 16.4. The van der Waals surface area contributed by atoms with E-state index in [1.807, 2.05) is 30.3 Å². The fourth-order valence-corrected chi connectivity index (χ4v) is 3.67. The van der Waals surface area contributed by atoms with Crippen LogP contribution in [0.25, 0.3) is 23.0 Å². The van der Waals surface area contributed by atoms with E-state index in [0.29, 0.717) is 5.82 Å². The van der Waals surface area contributed by atoms with Gasteiger partial charge in [-0.1, -0.05) is 35.5 Å². The van der Waals surface area contributed by atoms with Crippen molar-refractivity contribution in [1.82, 2.24) is 14.9 Å². The minimum Gasteiger partial charge on any atom is -0.455 e. The second kappa shape index (κ2) is 6.21. The molecule has 0 aliphatic heterocycles. The molecule has 2 heterocycles. The highest BCUT2D eigenvalue weighted by Gasteiger charge is 2.24. The Balaban J connectivity index is 1.95. The van der Waals surface area contributed by atoms with Crippen LogP contribution in [0.3, 0.4) is 0 Å². The Labute approximate surface area is 139 Å². The minimum absolute atomic E-state index is 0.0608. The SMILES string of the molecule is Cc1oc(-c2nc(-c3ccccc3)no2)cc1S(=O)(=O)NC(C)C. The van der Waals surface area contributed by atoms with E-state index < -0.39 is 10.0 Å². The number of hydrogen-bond acceptors (Lipinski definition) is 6. The summed E-state index contributed by atoms with van der Waals surface area (Å²) in [4.78, 5) is 4.32. The molecule has 0 spiro atoms. The summed E-state index contributed by atoms with van der Waals surface area (Å²) in [5.74, 6) is 1.01. The average Bonchev–Trinajstić information content (AvgIpc) is 3.13. The highest BCUT2D eigenvalue weighted by atomic mass is 32.2. The molecule has 0 aliphatic rings. The number of benzene rings is 1. The van der Waals surface area contributed by atoms with Crippen LogP contribution < -0.4 is 4.72 Å². The summed E-state index contributed by atoms with van der Waals surface area (Å²) < 4.78 is 37.8. The summed E-state index contributed by atoms with van der Waals surface area (Å²) in [5, 5.41) is 3.90. The summed E-state index contributed by atoms with van der Waals surface area (Å²) in [7, 11) is -3.66. The van der Waals surface area contributed by atoms with Crippen molar-refractivity contribution in [3.63, 3.8) is 0 Å². The van der Waals surface area contributed by atoms with E-state index in [-0.39, 0.29) is 28.3 Å². The van der Waals surface area contributed by atoms with Crippen molar-refractivity contribution in [2.24, 2.45) is 0 Å². The summed E-state index contributed by atoms with van der Waals surface area (Å²) in [5.41, 5.74) is 0.796. The van der Waals surface area contributed by atoms with Crippen LogP contribution in [-0.4, -0.2) is 24.6 Å². The molecule has 0 aliphatic carbocycles. The van der Waals surface area contributed by atoms with Gasteiger partial charge < -0.3 is 8.94 Å². The third-order valence-corrected chi connectivity index (χ3v) is 4.99. The maximum absolute atomic E-state index is 12.3. The molecule has 3 aromatic rings. The number of furan rings is 1. The fourth-order valence-electron chi connectivity index (χ4n) is 2.24. The number of rotatable bonds is 5. The summed E-state index contributed by atoms with van der Waals surface area (Å²) in [6.45, 7) is 5.07. The second-order valence-corrected chi connectivity index (χ2v) is 7.28. The molecule has 0 unspecified atom stereocenters. The lowest BCUT2D eigenvalue weighted by Gasteiger charge is -2.07. The predicted octanol–water partition coefficient (Wildman–Crippen LogP) is 2.99. The molecule has 2 aromatic heterocycles. The van der Waals surface area contributed by atoms with Crippen LogP contribution in [0.15, 0.2) is 50.2 Å². The van der Waals surface area contributed by atoms with Gasteiger partial charge in [-0.3, -0.25) is 0 Å². The number of nitrogens with one attached hydrogen (secondary N) is 1. The van der Waals surface area contributed by atoms with Crippen LogP contribution in [0.1, 0.15) is 19.6 Å². The molecular formula is C16H17N3O4S. The first-order valence-corrected chi connectivity index (χ1v) is 8.87. The lowest BCUT2D eigenvalue weighted by molar-refractivity contribution is 0.413. The molecule has 3 rings (SSSR count). The number of aryl methyl sites for hydroxylation is 1. The molecule has 1 N–H and O–H groups in total. The lowest BCUT2D eigenvalue weighted by Crippen LogP contribution is -2.30. The predicted molar refractivity (Wildman–Crippen MR) is 87.6 cm³/mol. The molecule has 7 nitrogen and oxygen atoms in total. The van der Waals surface area contributed by atoms with E-state index in [9.17, 15) is 8.42 Å². The molecule has 0 radical (unpaired) electrons. The highest BCUT2D eigenvalue weighted by molar-refractivity contribution is 7.89. The Morgan fingerprint density at radius 1 is 1.17 bits per heavy atom. The van der Waals surface area contributed by atoms with Crippen molar-refractivity contribution >= 4 is 10.0 Å². The van der Waals surface area contributed by atoms with Gasteiger partial charge in [0, 0.05) is 17.7 Å². The standard InChI is InChI=1S/C16H17N3O4S/c1-10(2)19-24(20,21)14-9-13(22-11(14)3)16-17-15(18-23-16)12-7-5-4-6-8-12/h4-10,19H,1-3H3. The van der Waals surface area contributed by atoms with Crippen LogP contribution in [0.2, 0.25) is 0 Å². The normalized spacial score (nSPS) is 12.0. The minimum atomic E-state index is -3.66. The smallest absolute Gasteiger partial charge is 0.293 e. The van der Waals surface area contributed by atoms with Crippen molar-refractivity contribution in [2.75, 3.05) is 0 Å². The molecule has 0 saturated heterocycles. The Morgan fingerprint density at radius 2 is 1.88 bits per heavy atom. The molecular weight excluding hydrogens is 330 g/mol. The van der Waals surface area contributed by atoms with Crippen LogP contribution >= 0.6 is 0 Å².